The number of nitro groups is 1. The van der Waals surface area contributed by atoms with Crippen LogP contribution in [0.1, 0.15) is 27.7 Å². The van der Waals surface area contributed by atoms with Gasteiger partial charge in [0.15, 0.2) is 27.2 Å². The smallest absolute Gasteiger partial charge is 0.296 e. The summed E-state index contributed by atoms with van der Waals surface area (Å²) in [6.07, 6.45) is 0. The Kier molecular flexibility index (Phi) is 8.03. The number of thioether (sulfide) groups is 1. The Hall–Kier alpha value is -4.43. The van der Waals surface area contributed by atoms with Gasteiger partial charge < -0.3 is 14.3 Å². The molecule has 0 bridgehead atoms. The molecule has 1 amide bonds. The first-order valence-corrected chi connectivity index (χ1v) is 15.2. The lowest BCUT2D eigenvalue weighted by atomic mass is 9.95. The minimum absolute atomic E-state index is 0.101. The number of anilines is 1. The van der Waals surface area contributed by atoms with E-state index in [0.717, 1.165) is 21.8 Å². The number of furan rings is 1. The van der Waals surface area contributed by atoms with Gasteiger partial charge in [0.05, 0.1) is 23.6 Å². The first kappa shape index (κ1) is 29.6. The lowest BCUT2D eigenvalue weighted by Gasteiger charge is -2.23. The molecule has 222 valence electrons. The van der Waals surface area contributed by atoms with Gasteiger partial charge in [0, 0.05) is 33.3 Å². The van der Waals surface area contributed by atoms with Crippen molar-refractivity contribution >= 4 is 79.8 Å². The van der Waals surface area contributed by atoms with Crippen molar-refractivity contribution in [3.8, 4) is 5.75 Å². The van der Waals surface area contributed by atoms with E-state index in [1.807, 2.05) is 0 Å². The molecule has 3 heterocycles. The van der Waals surface area contributed by atoms with Crippen LogP contribution in [-0.2, 0) is 10.5 Å². The number of nitro benzene ring substituents is 1. The SMILES string of the molecule is COc1cccc2cc(C(=O)C3=C(O)C(=O)N(c4nnc(SCc5ccc(Cl)cc5Cl)s4)C3c3ccc([N+](=O)[O-])cc3)oc12. The minimum Gasteiger partial charge on any atom is -0.503 e. The molecule has 1 atom stereocenters. The van der Waals surface area contributed by atoms with Crippen LogP contribution < -0.4 is 9.64 Å². The molecule has 1 N–H and O–H groups in total. The molecular weight excluding hydrogens is 651 g/mol. The number of aliphatic hydroxyl groups excluding tert-OH is 1. The fourth-order valence-corrected chi connectivity index (χ4v) is 7.13. The van der Waals surface area contributed by atoms with Gasteiger partial charge in [-0.15, -0.1) is 10.2 Å². The Morgan fingerprint density at radius 1 is 1.16 bits per heavy atom. The molecule has 3 aromatic carbocycles. The van der Waals surface area contributed by atoms with Crippen LogP contribution in [0.2, 0.25) is 10.0 Å². The molecule has 0 fully saturated rings. The summed E-state index contributed by atoms with van der Waals surface area (Å²) in [7, 11) is 1.46. The Labute approximate surface area is 266 Å². The number of hydrogen-bond donors (Lipinski definition) is 1. The number of methoxy groups -OCH3 is 1. The summed E-state index contributed by atoms with van der Waals surface area (Å²) >= 11 is 14.7. The first-order chi connectivity index (χ1) is 21.2. The number of fused-ring (bicyclic) bond motifs is 1. The molecule has 15 heteroatoms. The van der Waals surface area contributed by atoms with E-state index in [9.17, 15) is 24.8 Å². The molecule has 0 aliphatic carbocycles. The highest BCUT2D eigenvalue weighted by atomic mass is 35.5. The molecule has 2 aromatic heterocycles. The lowest BCUT2D eigenvalue weighted by Crippen LogP contribution is -2.31. The summed E-state index contributed by atoms with van der Waals surface area (Å²) in [5, 5.41) is 32.4. The summed E-state index contributed by atoms with van der Waals surface area (Å²) in [4.78, 5) is 39.4. The van der Waals surface area contributed by atoms with Gasteiger partial charge in [-0.3, -0.25) is 24.6 Å². The van der Waals surface area contributed by atoms with Crippen molar-refractivity contribution in [2.75, 3.05) is 12.0 Å². The van der Waals surface area contributed by atoms with Gasteiger partial charge in [0.2, 0.25) is 10.9 Å². The maximum Gasteiger partial charge on any atom is 0.296 e. The average molecular weight is 670 g/mol. The molecule has 1 aliphatic rings. The predicted molar refractivity (Wildman–Crippen MR) is 166 cm³/mol. The summed E-state index contributed by atoms with van der Waals surface area (Å²) in [6.45, 7) is 0. The molecule has 11 nitrogen and oxygen atoms in total. The Morgan fingerprint density at radius 2 is 1.93 bits per heavy atom. The third-order valence-electron chi connectivity index (χ3n) is 6.79. The van der Waals surface area contributed by atoms with Gasteiger partial charge in [0.25, 0.3) is 11.6 Å². The topological polar surface area (TPSA) is 149 Å². The van der Waals surface area contributed by atoms with Crippen LogP contribution in [0.15, 0.2) is 86.8 Å². The van der Waals surface area contributed by atoms with Gasteiger partial charge >= 0.3 is 0 Å². The van der Waals surface area contributed by atoms with Crippen molar-refractivity contribution in [2.45, 2.75) is 16.1 Å². The number of ketones is 1. The lowest BCUT2D eigenvalue weighted by molar-refractivity contribution is -0.384. The number of non-ortho nitro benzene ring substituents is 1. The van der Waals surface area contributed by atoms with E-state index in [1.165, 1.54) is 49.2 Å². The third-order valence-corrected chi connectivity index (χ3v) is 9.48. The summed E-state index contributed by atoms with van der Waals surface area (Å²) in [6, 6.07) is 15.9. The van der Waals surface area contributed by atoms with Crippen molar-refractivity contribution in [1.82, 2.24) is 10.2 Å². The maximum absolute atomic E-state index is 13.9. The van der Waals surface area contributed by atoms with E-state index in [4.69, 9.17) is 32.4 Å². The van der Waals surface area contributed by atoms with Crippen LogP contribution in [0, 0.1) is 10.1 Å². The molecule has 0 radical (unpaired) electrons. The second kappa shape index (κ2) is 11.9. The van der Waals surface area contributed by atoms with E-state index in [2.05, 4.69) is 10.2 Å². The summed E-state index contributed by atoms with van der Waals surface area (Å²) < 4.78 is 11.7. The van der Waals surface area contributed by atoms with E-state index < -0.39 is 28.4 Å². The number of ether oxygens (including phenoxy) is 1. The molecular formula is C29H18Cl2N4O7S2. The minimum atomic E-state index is -1.19. The van der Waals surface area contributed by atoms with Crippen molar-refractivity contribution in [3.05, 3.63) is 115 Å². The highest BCUT2D eigenvalue weighted by Gasteiger charge is 2.47. The molecule has 1 unspecified atom stereocenters. The summed E-state index contributed by atoms with van der Waals surface area (Å²) in [5.41, 5.74) is 0.985. The standard InChI is InChI=1S/C29H18Cl2N4O7S2/c1-41-20-4-2-3-15-11-21(42-26(15)20)24(36)22-23(14-6-9-18(10-7-14)35(39)40)34(27(38)25(22)37)28-32-33-29(44-28)43-13-16-5-8-17(30)12-19(16)31/h2-12,23,37H,13H2,1H3. The number of benzene rings is 3. The third kappa shape index (κ3) is 5.39. The molecule has 0 saturated carbocycles. The zero-order valence-corrected chi connectivity index (χ0v) is 25.5. The number of aliphatic hydroxyl groups is 1. The van der Waals surface area contributed by atoms with Crippen LogP contribution in [0.3, 0.4) is 0 Å². The van der Waals surface area contributed by atoms with Crippen molar-refractivity contribution in [2.24, 2.45) is 0 Å². The number of rotatable bonds is 9. The van der Waals surface area contributed by atoms with Gasteiger partial charge in [0.1, 0.15) is 0 Å². The van der Waals surface area contributed by atoms with Gasteiger partial charge in [-0.25, -0.2) is 0 Å². The van der Waals surface area contributed by atoms with Crippen LogP contribution in [-0.4, -0.2) is 39.0 Å². The fourth-order valence-electron chi connectivity index (χ4n) is 4.71. The second-order valence-corrected chi connectivity index (χ2v) is 12.4. The van der Waals surface area contributed by atoms with Crippen LogP contribution in [0.5, 0.6) is 5.75 Å². The molecule has 44 heavy (non-hydrogen) atoms. The molecule has 5 aromatic rings. The normalized spacial score (nSPS) is 14.9. The van der Waals surface area contributed by atoms with Gasteiger partial charge in [-0.05, 0) is 47.5 Å². The van der Waals surface area contributed by atoms with E-state index in [1.54, 1.807) is 36.4 Å². The maximum atomic E-state index is 13.9. The van der Waals surface area contributed by atoms with Crippen LogP contribution in [0.25, 0.3) is 11.0 Å². The van der Waals surface area contributed by atoms with Crippen molar-refractivity contribution in [1.29, 1.82) is 0 Å². The summed E-state index contributed by atoms with van der Waals surface area (Å²) in [5.74, 6) is -1.75. The fraction of sp³-hybridized carbons (Fsp3) is 0.103. The Bertz CT molecular complexity index is 1990. The number of para-hydroxylation sites is 1. The Balaban J connectivity index is 1.38. The number of carbonyl (C=O) groups is 2. The quantitative estimate of drug-likeness (QED) is 0.0547. The van der Waals surface area contributed by atoms with Crippen molar-refractivity contribution < 1.29 is 28.8 Å². The van der Waals surface area contributed by atoms with Crippen LogP contribution >= 0.6 is 46.3 Å². The molecule has 6 rings (SSSR count). The number of hydrogen-bond acceptors (Lipinski definition) is 11. The highest BCUT2D eigenvalue weighted by Crippen LogP contribution is 2.45. The number of halogens is 2. The first-order valence-electron chi connectivity index (χ1n) is 12.7. The second-order valence-electron chi connectivity index (χ2n) is 9.38. The number of amides is 1. The number of nitrogens with zero attached hydrogens (tertiary/aromatic N) is 4. The zero-order chi connectivity index (χ0) is 31.1. The largest absolute Gasteiger partial charge is 0.503 e. The number of aromatic nitrogens is 2. The van der Waals surface area contributed by atoms with E-state index in [-0.39, 0.29) is 22.2 Å². The molecule has 0 spiro atoms. The highest BCUT2D eigenvalue weighted by molar-refractivity contribution is 8.00. The van der Waals surface area contributed by atoms with E-state index >= 15 is 0 Å². The zero-order valence-electron chi connectivity index (χ0n) is 22.4. The average Bonchev–Trinajstić information content (AvgIpc) is 3.73. The van der Waals surface area contributed by atoms with Gasteiger partial charge in [-0.1, -0.05) is 64.5 Å². The predicted octanol–water partition coefficient (Wildman–Crippen LogP) is 7.58. The number of Topliss-reactive ketones (excluding diaryl/α,β-unsaturated/α-hetero) is 1. The Morgan fingerprint density at radius 3 is 2.64 bits per heavy atom. The molecule has 1 aliphatic heterocycles. The molecule has 0 saturated heterocycles. The monoisotopic (exact) mass is 668 g/mol. The number of carbonyl (C=O) groups excluding carboxylic acids is 2. The van der Waals surface area contributed by atoms with Crippen molar-refractivity contribution in [3.63, 3.8) is 0 Å². The van der Waals surface area contributed by atoms with Gasteiger partial charge in [-0.2, -0.15) is 0 Å². The van der Waals surface area contributed by atoms with E-state index in [0.29, 0.717) is 42.4 Å². The van der Waals surface area contributed by atoms with Crippen LogP contribution in [0.4, 0.5) is 10.8 Å².